The summed E-state index contributed by atoms with van der Waals surface area (Å²) >= 11 is 6.46. The van der Waals surface area contributed by atoms with Crippen LogP contribution in [0, 0.1) is 5.82 Å². The molecular weight excluding hydrogens is 583 g/mol. The number of nitrogens with zero attached hydrogens (tertiary/aromatic N) is 5. The van der Waals surface area contributed by atoms with Crippen LogP contribution in [0.2, 0.25) is 5.02 Å². The Labute approximate surface area is 259 Å². The number of anilines is 3. The minimum absolute atomic E-state index is 0.0444. The van der Waals surface area contributed by atoms with Crippen LogP contribution in [-0.4, -0.2) is 88.9 Å². The van der Waals surface area contributed by atoms with Gasteiger partial charge in [0.1, 0.15) is 5.82 Å². The summed E-state index contributed by atoms with van der Waals surface area (Å²) in [6.45, 7) is 8.08. The third-order valence-corrected chi connectivity index (χ3v) is 8.57. The number of amides is 2. The van der Waals surface area contributed by atoms with Crippen molar-refractivity contribution in [2.75, 3.05) is 61.8 Å². The molecule has 0 unspecified atom stereocenters. The van der Waals surface area contributed by atoms with Crippen LogP contribution in [0.4, 0.5) is 21.7 Å². The van der Waals surface area contributed by atoms with E-state index in [2.05, 4.69) is 49.0 Å². The second-order valence-corrected chi connectivity index (χ2v) is 11.6. The van der Waals surface area contributed by atoms with E-state index in [-0.39, 0.29) is 23.7 Å². The molecule has 2 aliphatic rings. The van der Waals surface area contributed by atoms with Gasteiger partial charge in [0, 0.05) is 73.5 Å². The molecule has 6 rings (SSSR count). The first-order chi connectivity index (χ1) is 21.3. The van der Waals surface area contributed by atoms with Gasteiger partial charge in [-0.1, -0.05) is 18.2 Å². The highest BCUT2D eigenvalue weighted by Crippen LogP contribution is 2.33. The molecule has 0 radical (unpaired) electrons. The summed E-state index contributed by atoms with van der Waals surface area (Å²) in [6, 6.07) is 10.1. The Balaban J connectivity index is 1.13. The van der Waals surface area contributed by atoms with Crippen LogP contribution in [-0.2, 0) is 4.79 Å². The second kappa shape index (κ2) is 12.6. The number of nitrogens with one attached hydrogen (secondary N) is 3. The molecule has 0 spiro atoms. The highest BCUT2D eigenvalue weighted by molar-refractivity contribution is 6.33. The number of aromatic nitrogens is 3. The van der Waals surface area contributed by atoms with Crippen LogP contribution in [0.1, 0.15) is 23.2 Å². The van der Waals surface area contributed by atoms with E-state index in [1.165, 1.54) is 18.2 Å². The Morgan fingerprint density at radius 1 is 1.09 bits per heavy atom. The number of likely N-dealkylation sites (N-methyl/N-ethyl adjacent to an activating group) is 1. The summed E-state index contributed by atoms with van der Waals surface area (Å²) in [6.07, 6.45) is 5.97. The first kappa shape index (κ1) is 29.6. The first-order valence-corrected chi connectivity index (χ1v) is 15.0. The van der Waals surface area contributed by atoms with Crippen molar-refractivity contribution in [2.24, 2.45) is 0 Å². The Hall–Kier alpha value is -4.48. The molecule has 12 heteroatoms. The normalized spacial score (nSPS) is 16.2. The monoisotopic (exact) mass is 616 g/mol. The lowest BCUT2D eigenvalue weighted by Crippen LogP contribution is -2.45. The van der Waals surface area contributed by atoms with Crippen molar-refractivity contribution in [1.82, 2.24) is 24.8 Å². The minimum Gasteiger partial charge on any atom is -0.367 e. The standard InChI is InChI=1S/C32H34ClFN8O2/c1-3-29(43)38-27-6-4-20(16-28(27)41-14-12-40(2)13-15-41)31(44)42-10-8-22(9-11-42)37-32-36-19-25(33)30(39-32)24-18-35-26-7-5-21(34)17-23(24)26/h3-7,16-19,22,35H,1,8-15H2,2H3,(H,38,43)(H,36,37,39). The predicted octanol–water partition coefficient (Wildman–Crippen LogP) is 5.01. The maximum absolute atomic E-state index is 13.9. The molecule has 10 nitrogen and oxygen atoms in total. The first-order valence-electron chi connectivity index (χ1n) is 14.7. The fourth-order valence-electron chi connectivity index (χ4n) is 5.77. The van der Waals surface area contributed by atoms with Gasteiger partial charge in [-0.3, -0.25) is 9.59 Å². The number of carbonyl (C=O) groups excluding carboxylic acids is 2. The highest BCUT2D eigenvalue weighted by atomic mass is 35.5. The molecule has 44 heavy (non-hydrogen) atoms. The van der Waals surface area contributed by atoms with Gasteiger partial charge in [-0.2, -0.15) is 0 Å². The third-order valence-electron chi connectivity index (χ3n) is 8.29. The van der Waals surface area contributed by atoms with E-state index in [0.717, 1.165) is 37.4 Å². The number of hydrogen-bond acceptors (Lipinski definition) is 7. The van der Waals surface area contributed by atoms with Crippen molar-refractivity contribution < 1.29 is 14.0 Å². The van der Waals surface area contributed by atoms with Crippen LogP contribution in [0.5, 0.6) is 0 Å². The Bertz CT molecular complexity index is 1710. The van der Waals surface area contributed by atoms with Crippen LogP contribution >= 0.6 is 11.6 Å². The number of piperidine rings is 1. The molecule has 4 aromatic rings. The summed E-state index contributed by atoms with van der Waals surface area (Å²) in [5, 5.41) is 7.34. The lowest BCUT2D eigenvalue weighted by molar-refractivity contribution is -0.111. The van der Waals surface area contributed by atoms with Crippen molar-refractivity contribution in [3.63, 3.8) is 0 Å². The molecule has 2 amide bonds. The van der Waals surface area contributed by atoms with E-state index >= 15 is 0 Å². The fourth-order valence-corrected chi connectivity index (χ4v) is 5.96. The van der Waals surface area contributed by atoms with Gasteiger partial charge in [0.2, 0.25) is 11.9 Å². The number of piperazine rings is 1. The van der Waals surface area contributed by atoms with Gasteiger partial charge in [0.05, 0.1) is 28.3 Å². The molecule has 0 aliphatic carbocycles. The molecule has 228 valence electrons. The van der Waals surface area contributed by atoms with E-state index in [1.807, 2.05) is 11.0 Å². The van der Waals surface area contributed by atoms with E-state index in [1.54, 1.807) is 30.6 Å². The number of rotatable bonds is 7. The number of halogens is 2. The maximum Gasteiger partial charge on any atom is 0.253 e. The zero-order valence-electron chi connectivity index (χ0n) is 24.4. The van der Waals surface area contributed by atoms with Gasteiger partial charge in [-0.15, -0.1) is 0 Å². The number of likely N-dealkylation sites (tertiary alicyclic amines) is 1. The quantitative estimate of drug-likeness (QED) is 0.251. The molecule has 3 N–H and O–H groups in total. The topological polar surface area (TPSA) is 109 Å². The lowest BCUT2D eigenvalue weighted by atomic mass is 10.0. The summed E-state index contributed by atoms with van der Waals surface area (Å²) in [5.41, 5.74) is 4.08. The van der Waals surface area contributed by atoms with Crippen molar-refractivity contribution in [3.8, 4) is 11.3 Å². The van der Waals surface area contributed by atoms with E-state index < -0.39 is 0 Å². The number of carbonyl (C=O) groups is 2. The van der Waals surface area contributed by atoms with Gasteiger partial charge in [-0.25, -0.2) is 14.4 Å². The average molecular weight is 617 g/mol. The molecule has 0 saturated carbocycles. The van der Waals surface area contributed by atoms with Gasteiger partial charge >= 0.3 is 0 Å². The van der Waals surface area contributed by atoms with Gasteiger partial charge < -0.3 is 30.3 Å². The number of fused-ring (bicyclic) bond motifs is 1. The maximum atomic E-state index is 13.9. The summed E-state index contributed by atoms with van der Waals surface area (Å²) in [7, 11) is 2.08. The zero-order valence-corrected chi connectivity index (χ0v) is 25.2. The zero-order chi connectivity index (χ0) is 30.8. The van der Waals surface area contributed by atoms with Crippen molar-refractivity contribution in [1.29, 1.82) is 0 Å². The molecule has 0 bridgehead atoms. The van der Waals surface area contributed by atoms with Crippen LogP contribution in [0.25, 0.3) is 22.2 Å². The fraction of sp³-hybridized carbons (Fsp3) is 0.312. The van der Waals surface area contributed by atoms with Crippen LogP contribution < -0.4 is 15.5 Å². The summed E-state index contributed by atoms with van der Waals surface area (Å²) in [4.78, 5) is 44.2. The van der Waals surface area contributed by atoms with Crippen molar-refractivity contribution in [3.05, 3.63) is 77.9 Å². The molecule has 4 heterocycles. The van der Waals surface area contributed by atoms with Crippen molar-refractivity contribution in [2.45, 2.75) is 18.9 Å². The molecule has 2 fully saturated rings. The van der Waals surface area contributed by atoms with E-state index in [4.69, 9.17) is 11.6 Å². The lowest BCUT2D eigenvalue weighted by Gasteiger charge is -2.36. The Morgan fingerprint density at radius 3 is 2.61 bits per heavy atom. The van der Waals surface area contributed by atoms with Gasteiger partial charge in [-0.05, 0) is 62.4 Å². The Kier molecular flexibility index (Phi) is 8.49. The number of aromatic amines is 1. The molecular formula is C32H34ClFN8O2. The van der Waals surface area contributed by atoms with Crippen LogP contribution in [0.15, 0.2) is 61.4 Å². The van der Waals surface area contributed by atoms with Crippen LogP contribution in [0.3, 0.4) is 0 Å². The average Bonchev–Trinajstić information content (AvgIpc) is 3.45. The number of H-pyrrole nitrogens is 1. The molecule has 2 aliphatic heterocycles. The van der Waals surface area contributed by atoms with Crippen molar-refractivity contribution >= 4 is 51.6 Å². The second-order valence-electron chi connectivity index (χ2n) is 11.2. The molecule has 2 aromatic carbocycles. The van der Waals surface area contributed by atoms with Gasteiger partial charge in [0.25, 0.3) is 5.91 Å². The third kappa shape index (κ3) is 6.24. The largest absolute Gasteiger partial charge is 0.367 e. The number of hydrogen-bond donors (Lipinski definition) is 3. The minimum atomic E-state index is -0.339. The molecule has 2 saturated heterocycles. The SMILES string of the molecule is C=CC(=O)Nc1ccc(C(=O)N2CCC(Nc3ncc(Cl)c(-c4c[nH]c5ccc(F)cc45)n3)CC2)cc1N1CCN(C)CC1. The smallest absolute Gasteiger partial charge is 0.253 e. The summed E-state index contributed by atoms with van der Waals surface area (Å²) in [5.74, 6) is -0.249. The number of benzene rings is 2. The molecule has 2 aromatic heterocycles. The van der Waals surface area contributed by atoms with E-state index in [9.17, 15) is 14.0 Å². The Morgan fingerprint density at radius 2 is 1.86 bits per heavy atom. The molecule has 0 atom stereocenters. The summed E-state index contributed by atoms with van der Waals surface area (Å²) < 4.78 is 13.9. The predicted molar refractivity (Wildman–Crippen MR) is 172 cm³/mol. The van der Waals surface area contributed by atoms with E-state index in [0.29, 0.717) is 64.8 Å². The highest BCUT2D eigenvalue weighted by Gasteiger charge is 2.26. The van der Waals surface area contributed by atoms with Gasteiger partial charge in [0.15, 0.2) is 0 Å².